The van der Waals surface area contributed by atoms with E-state index in [1.807, 2.05) is 13.0 Å². The summed E-state index contributed by atoms with van der Waals surface area (Å²) in [5, 5.41) is 0.225. The molecule has 0 aliphatic carbocycles. The fourth-order valence-electron chi connectivity index (χ4n) is 3.36. The van der Waals surface area contributed by atoms with E-state index in [9.17, 15) is 9.18 Å². The first-order chi connectivity index (χ1) is 12.9. The van der Waals surface area contributed by atoms with Crippen LogP contribution in [0, 0.1) is 12.7 Å². The summed E-state index contributed by atoms with van der Waals surface area (Å²) in [6.07, 6.45) is 1.37. The molecule has 140 valence electrons. The van der Waals surface area contributed by atoms with E-state index in [-0.39, 0.29) is 22.1 Å². The standard InChI is InChI=1S/C21H19ClFNO3/c1-11(2)24-9-14-17(26-10-24)7-12(3)19-20(25)18(27-21(14)19)8-13-15(22)5-4-6-16(13)23/h4-8,11H,9-10H2,1-3H3/b18-8-. The van der Waals surface area contributed by atoms with Gasteiger partial charge in [0, 0.05) is 18.2 Å². The normalized spacial score (nSPS) is 17.7. The van der Waals surface area contributed by atoms with Gasteiger partial charge in [0.05, 0.1) is 16.1 Å². The summed E-state index contributed by atoms with van der Waals surface area (Å²) in [5.74, 6) is 0.511. The predicted molar refractivity (Wildman–Crippen MR) is 102 cm³/mol. The number of carbonyl (C=O) groups excluding carboxylic acids is 1. The summed E-state index contributed by atoms with van der Waals surface area (Å²) in [6, 6.07) is 6.55. The Morgan fingerprint density at radius 1 is 1.33 bits per heavy atom. The quantitative estimate of drug-likeness (QED) is 0.682. The number of benzene rings is 2. The van der Waals surface area contributed by atoms with Crippen LogP contribution in [0.25, 0.3) is 6.08 Å². The van der Waals surface area contributed by atoms with Crippen LogP contribution in [-0.4, -0.2) is 23.5 Å². The van der Waals surface area contributed by atoms with Gasteiger partial charge in [-0.05, 0) is 50.6 Å². The summed E-state index contributed by atoms with van der Waals surface area (Å²) in [4.78, 5) is 15.1. The highest BCUT2D eigenvalue weighted by molar-refractivity contribution is 6.32. The molecule has 0 spiro atoms. The Hall–Kier alpha value is -2.37. The highest BCUT2D eigenvalue weighted by Crippen LogP contribution is 2.44. The summed E-state index contributed by atoms with van der Waals surface area (Å²) in [5.41, 5.74) is 2.25. The zero-order chi connectivity index (χ0) is 19.3. The van der Waals surface area contributed by atoms with E-state index in [2.05, 4.69) is 18.7 Å². The minimum absolute atomic E-state index is 0.0650. The van der Waals surface area contributed by atoms with Gasteiger partial charge < -0.3 is 9.47 Å². The van der Waals surface area contributed by atoms with E-state index >= 15 is 0 Å². The molecule has 0 saturated heterocycles. The van der Waals surface area contributed by atoms with Gasteiger partial charge in [0.2, 0.25) is 5.78 Å². The first-order valence-electron chi connectivity index (χ1n) is 8.78. The number of rotatable bonds is 2. The van der Waals surface area contributed by atoms with Gasteiger partial charge in [0.15, 0.2) is 5.76 Å². The Labute approximate surface area is 162 Å². The predicted octanol–water partition coefficient (Wildman–Crippen LogP) is 4.96. The number of Topliss-reactive ketones (excluding diaryl/α,β-unsaturated/α-hetero) is 1. The molecule has 0 fully saturated rings. The SMILES string of the molecule is Cc1cc2c(c3c1C(=O)/C(=C/c1c(F)cccc1Cl)O3)CN(C(C)C)CO2. The van der Waals surface area contributed by atoms with Gasteiger partial charge in [-0.2, -0.15) is 0 Å². The van der Waals surface area contributed by atoms with Gasteiger partial charge in [-0.25, -0.2) is 4.39 Å². The number of aryl methyl sites for hydroxylation is 1. The van der Waals surface area contributed by atoms with Crippen molar-refractivity contribution in [2.24, 2.45) is 0 Å². The maximum absolute atomic E-state index is 14.1. The minimum atomic E-state index is -0.504. The molecule has 0 aromatic heterocycles. The molecule has 2 aliphatic rings. The lowest BCUT2D eigenvalue weighted by Gasteiger charge is -2.32. The number of fused-ring (bicyclic) bond motifs is 3. The van der Waals surface area contributed by atoms with E-state index in [4.69, 9.17) is 21.1 Å². The van der Waals surface area contributed by atoms with Crippen LogP contribution in [-0.2, 0) is 6.54 Å². The first-order valence-corrected chi connectivity index (χ1v) is 9.16. The fourth-order valence-corrected chi connectivity index (χ4v) is 3.58. The number of allylic oxidation sites excluding steroid dienone is 1. The van der Waals surface area contributed by atoms with E-state index in [0.717, 1.165) is 16.9 Å². The molecule has 2 aromatic rings. The number of ether oxygens (including phenoxy) is 2. The molecule has 2 aromatic carbocycles. The van der Waals surface area contributed by atoms with Crippen LogP contribution in [0.4, 0.5) is 4.39 Å². The van der Waals surface area contributed by atoms with Gasteiger partial charge in [-0.1, -0.05) is 17.7 Å². The molecule has 0 unspecified atom stereocenters. The molecule has 4 rings (SSSR count). The monoisotopic (exact) mass is 387 g/mol. The zero-order valence-corrected chi connectivity index (χ0v) is 16.1. The third-order valence-electron chi connectivity index (χ3n) is 4.96. The van der Waals surface area contributed by atoms with Crippen molar-refractivity contribution >= 4 is 23.5 Å². The Kier molecular flexibility index (Phi) is 4.44. The molecule has 27 heavy (non-hydrogen) atoms. The topological polar surface area (TPSA) is 38.8 Å². The number of halogens is 2. The van der Waals surface area contributed by atoms with Crippen molar-refractivity contribution in [3.05, 3.63) is 63.1 Å². The molecule has 2 aliphatic heterocycles. The number of nitrogens with zero attached hydrogens (tertiary/aromatic N) is 1. The van der Waals surface area contributed by atoms with Gasteiger partial charge in [0.25, 0.3) is 0 Å². The summed E-state index contributed by atoms with van der Waals surface area (Å²) in [7, 11) is 0. The minimum Gasteiger partial charge on any atom is -0.478 e. The summed E-state index contributed by atoms with van der Waals surface area (Å²) >= 11 is 6.09. The third-order valence-corrected chi connectivity index (χ3v) is 5.29. The average molecular weight is 388 g/mol. The lowest BCUT2D eigenvalue weighted by molar-refractivity contribution is 0.0673. The van der Waals surface area contributed by atoms with Crippen molar-refractivity contribution < 1.29 is 18.7 Å². The van der Waals surface area contributed by atoms with Crippen LogP contribution in [0.2, 0.25) is 5.02 Å². The van der Waals surface area contributed by atoms with Gasteiger partial charge in [-0.15, -0.1) is 0 Å². The molecule has 0 amide bonds. The fraction of sp³-hybridized carbons (Fsp3) is 0.286. The highest BCUT2D eigenvalue weighted by Gasteiger charge is 2.36. The Bertz CT molecular complexity index is 964. The number of carbonyl (C=O) groups is 1. The Morgan fingerprint density at radius 3 is 2.81 bits per heavy atom. The van der Waals surface area contributed by atoms with Crippen molar-refractivity contribution in [2.45, 2.75) is 33.4 Å². The smallest absolute Gasteiger partial charge is 0.232 e. The maximum atomic E-state index is 14.1. The zero-order valence-electron chi connectivity index (χ0n) is 15.3. The van der Waals surface area contributed by atoms with E-state index < -0.39 is 5.82 Å². The molecule has 0 radical (unpaired) electrons. The molecule has 2 heterocycles. The maximum Gasteiger partial charge on any atom is 0.232 e. The number of hydrogen-bond acceptors (Lipinski definition) is 4. The van der Waals surface area contributed by atoms with Crippen LogP contribution < -0.4 is 9.47 Å². The second kappa shape index (κ2) is 6.66. The molecule has 0 saturated carbocycles. The second-order valence-electron chi connectivity index (χ2n) is 7.06. The second-order valence-corrected chi connectivity index (χ2v) is 7.47. The van der Waals surface area contributed by atoms with E-state index in [1.54, 1.807) is 6.07 Å². The number of ketones is 1. The Balaban J connectivity index is 1.80. The summed E-state index contributed by atoms with van der Waals surface area (Å²) in [6.45, 7) is 7.12. The largest absolute Gasteiger partial charge is 0.478 e. The molecule has 0 atom stereocenters. The van der Waals surface area contributed by atoms with Gasteiger partial charge >= 0.3 is 0 Å². The van der Waals surface area contributed by atoms with E-state index in [0.29, 0.717) is 30.6 Å². The van der Waals surface area contributed by atoms with Crippen molar-refractivity contribution in [1.29, 1.82) is 0 Å². The van der Waals surface area contributed by atoms with Crippen molar-refractivity contribution in [3.8, 4) is 11.5 Å². The van der Waals surface area contributed by atoms with Crippen molar-refractivity contribution in [3.63, 3.8) is 0 Å². The van der Waals surface area contributed by atoms with Crippen LogP contribution >= 0.6 is 11.6 Å². The molecular formula is C21H19ClFNO3. The molecule has 4 nitrogen and oxygen atoms in total. The molecule has 0 bridgehead atoms. The van der Waals surface area contributed by atoms with Crippen LogP contribution in [0.5, 0.6) is 11.5 Å². The van der Waals surface area contributed by atoms with Crippen LogP contribution in [0.1, 0.15) is 40.9 Å². The van der Waals surface area contributed by atoms with Crippen LogP contribution in [0.3, 0.4) is 0 Å². The number of hydrogen-bond donors (Lipinski definition) is 0. The Morgan fingerprint density at radius 2 is 2.11 bits per heavy atom. The average Bonchev–Trinajstić information content (AvgIpc) is 2.95. The first kappa shape index (κ1) is 18.0. The van der Waals surface area contributed by atoms with Crippen molar-refractivity contribution in [1.82, 2.24) is 4.90 Å². The van der Waals surface area contributed by atoms with E-state index in [1.165, 1.54) is 18.2 Å². The molecule has 0 N–H and O–H groups in total. The third kappa shape index (κ3) is 3.01. The van der Waals surface area contributed by atoms with Gasteiger partial charge in [0.1, 0.15) is 24.0 Å². The van der Waals surface area contributed by atoms with Crippen molar-refractivity contribution in [2.75, 3.05) is 6.73 Å². The molecule has 6 heteroatoms. The molecular weight excluding hydrogens is 369 g/mol. The lowest BCUT2D eigenvalue weighted by Crippen LogP contribution is -2.37. The van der Waals surface area contributed by atoms with Gasteiger partial charge in [-0.3, -0.25) is 9.69 Å². The summed E-state index contributed by atoms with van der Waals surface area (Å²) < 4.78 is 25.9. The van der Waals surface area contributed by atoms with Crippen LogP contribution in [0.15, 0.2) is 30.0 Å². The highest BCUT2D eigenvalue weighted by atomic mass is 35.5. The lowest BCUT2D eigenvalue weighted by atomic mass is 9.98.